The summed E-state index contributed by atoms with van der Waals surface area (Å²) in [4.78, 5) is 27.7. The van der Waals surface area contributed by atoms with Crippen LogP contribution >= 0.6 is 0 Å². The lowest BCUT2D eigenvalue weighted by Crippen LogP contribution is -2.45. The van der Waals surface area contributed by atoms with Crippen molar-refractivity contribution in [3.63, 3.8) is 0 Å². The molecular formula is C15H29N3O3. The average molecular weight is 299 g/mol. The van der Waals surface area contributed by atoms with Gasteiger partial charge < -0.3 is 19.9 Å². The van der Waals surface area contributed by atoms with E-state index < -0.39 is 5.60 Å². The van der Waals surface area contributed by atoms with Crippen LogP contribution in [0.1, 0.15) is 33.6 Å². The molecule has 1 rings (SSSR count). The highest BCUT2D eigenvalue weighted by Crippen LogP contribution is 2.19. The van der Waals surface area contributed by atoms with Crippen LogP contribution in [-0.4, -0.2) is 67.7 Å². The summed E-state index contributed by atoms with van der Waals surface area (Å²) in [7, 11) is 3.96. The zero-order valence-electron chi connectivity index (χ0n) is 13.9. The molecular weight excluding hydrogens is 270 g/mol. The molecule has 0 aromatic carbocycles. The molecule has 6 nitrogen and oxygen atoms in total. The summed E-state index contributed by atoms with van der Waals surface area (Å²) in [6.07, 6.45) is 1.12. The van der Waals surface area contributed by atoms with Gasteiger partial charge in [-0.1, -0.05) is 0 Å². The van der Waals surface area contributed by atoms with Crippen molar-refractivity contribution in [2.45, 2.75) is 39.2 Å². The summed E-state index contributed by atoms with van der Waals surface area (Å²) < 4.78 is 5.35. The smallest absolute Gasteiger partial charge is 0.410 e. The number of hydrogen-bond donors (Lipinski definition) is 1. The van der Waals surface area contributed by atoms with Gasteiger partial charge in [0.15, 0.2) is 0 Å². The van der Waals surface area contributed by atoms with Gasteiger partial charge in [0.2, 0.25) is 5.91 Å². The molecule has 0 spiro atoms. The highest BCUT2D eigenvalue weighted by molar-refractivity contribution is 5.79. The van der Waals surface area contributed by atoms with Crippen molar-refractivity contribution < 1.29 is 14.3 Å². The van der Waals surface area contributed by atoms with Crippen LogP contribution in [0, 0.1) is 5.92 Å². The van der Waals surface area contributed by atoms with Crippen molar-refractivity contribution in [2.75, 3.05) is 40.3 Å². The summed E-state index contributed by atoms with van der Waals surface area (Å²) in [6, 6.07) is 0. The maximum atomic E-state index is 12.0. The molecule has 0 unspecified atom stereocenters. The quantitative estimate of drug-likeness (QED) is 0.850. The first-order valence-corrected chi connectivity index (χ1v) is 7.59. The highest BCUT2D eigenvalue weighted by atomic mass is 16.6. The third-order valence-corrected chi connectivity index (χ3v) is 3.38. The molecule has 0 aromatic rings. The molecule has 1 aliphatic heterocycles. The minimum Gasteiger partial charge on any atom is -0.444 e. The topological polar surface area (TPSA) is 61.9 Å². The van der Waals surface area contributed by atoms with Crippen molar-refractivity contribution in [2.24, 2.45) is 5.92 Å². The predicted molar refractivity (Wildman–Crippen MR) is 82.1 cm³/mol. The van der Waals surface area contributed by atoms with E-state index in [-0.39, 0.29) is 17.9 Å². The molecule has 0 aliphatic carbocycles. The molecule has 1 saturated heterocycles. The number of piperidine rings is 1. The van der Waals surface area contributed by atoms with Crippen molar-refractivity contribution in [3.05, 3.63) is 0 Å². The second-order valence-corrected chi connectivity index (χ2v) is 6.84. The van der Waals surface area contributed by atoms with Gasteiger partial charge in [-0.2, -0.15) is 0 Å². The molecule has 0 atom stereocenters. The maximum absolute atomic E-state index is 12.0. The fourth-order valence-electron chi connectivity index (χ4n) is 2.20. The summed E-state index contributed by atoms with van der Waals surface area (Å²) in [5, 5.41) is 2.95. The molecule has 122 valence electrons. The van der Waals surface area contributed by atoms with Crippen molar-refractivity contribution >= 4 is 12.0 Å². The Labute approximate surface area is 127 Å². The van der Waals surface area contributed by atoms with Crippen molar-refractivity contribution in [1.29, 1.82) is 0 Å². The van der Waals surface area contributed by atoms with Gasteiger partial charge in [-0.3, -0.25) is 4.79 Å². The Morgan fingerprint density at radius 3 is 2.29 bits per heavy atom. The van der Waals surface area contributed by atoms with E-state index in [9.17, 15) is 9.59 Å². The van der Waals surface area contributed by atoms with Crippen LogP contribution in [0.5, 0.6) is 0 Å². The number of likely N-dealkylation sites (N-methyl/N-ethyl adjacent to an activating group) is 1. The van der Waals surface area contributed by atoms with Crippen molar-refractivity contribution in [1.82, 2.24) is 15.1 Å². The van der Waals surface area contributed by atoms with E-state index in [1.54, 1.807) is 4.90 Å². The van der Waals surface area contributed by atoms with Crippen LogP contribution in [0.25, 0.3) is 0 Å². The molecule has 0 radical (unpaired) electrons. The van der Waals surface area contributed by atoms with E-state index in [2.05, 4.69) is 5.32 Å². The number of rotatable bonds is 4. The number of amides is 2. The van der Waals surface area contributed by atoms with Crippen LogP contribution in [0.4, 0.5) is 4.79 Å². The lowest BCUT2D eigenvalue weighted by atomic mass is 9.96. The molecule has 1 fully saturated rings. The predicted octanol–water partition coefficient (Wildman–Crippen LogP) is 1.31. The normalized spacial score (nSPS) is 17.0. The number of nitrogens with one attached hydrogen (secondary N) is 1. The molecule has 6 heteroatoms. The zero-order valence-corrected chi connectivity index (χ0v) is 13.9. The number of likely N-dealkylation sites (tertiary alicyclic amines) is 1. The van der Waals surface area contributed by atoms with Crippen LogP contribution in [0.2, 0.25) is 0 Å². The Morgan fingerprint density at radius 2 is 1.81 bits per heavy atom. The minimum atomic E-state index is -0.475. The molecule has 0 aromatic heterocycles. The maximum Gasteiger partial charge on any atom is 0.410 e. The molecule has 1 N–H and O–H groups in total. The fraction of sp³-hybridized carbons (Fsp3) is 0.867. The Bertz CT molecular complexity index is 356. The van der Waals surface area contributed by atoms with Gasteiger partial charge in [0, 0.05) is 32.1 Å². The molecule has 0 bridgehead atoms. The SMILES string of the molecule is CN(C)CCNC(=O)C1CCN(C(=O)OC(C)(C)C)CC1. The van der Waals surface area contributed by atoms with Gasteiger partial charge in [-0.15, -0.1) is 0 Å². The van der Waals surface area contributed by atoms with Crippen LogP contribution in [0.15, 0.2) is 0 Å². The summed E-state index contributed by atoms with van der Waals surface area (Å²) in [5.41, 5.74) is -0.475. The highest BCUT2D eigenvalue weighted by Gasteiger charge is 2.29. The first kappa shape index (κ1) is 17.8. The first-order valence-electron chi connectivity index (χ1n) is 7.59. The van der Waals surface area contributed by atoms with Crippen LogP contribution in [0.3, 0.4) is 0 Å². The second kappa shape index (κ2) is 7.64. The van der Waals surface area contributed by atoms with E-state index >= 15 is 0 Å². The molecule has 1 heterocycles. The Kier molecular flexibility index (Phi) is 6.45. The Morgan fingerprint density at radius 1 is 1.24 bits per heavy atom. The number of hydrogen-bond acceptors (Lipinski definition) is 4. The minimum absolute atomic E-state index is 0.00542. The Hall–Kier alpha value is -1.30. The monoisotopic (exact) mass is 299 g/mol. The van der Waals surface area contributed by atoms with Crippen LogP contribution < -0.4 is 5.32 Å². The summed E-state index contributed by atoms with van der Waals surface area (Å²) >= 11 is 0. The third kappa shape index (κ3) is 6.80. The van der Waals surface area contributed by atoms with E-state index in [0.717, 1.165) is 6.54 Å². The average Bonchev–Trinajstić information content (AvgIpc) is 2.36. The van der Waals surface area contributed by atoms with E-state index in [4.69, 9.17) is 4.74 Å². The number of ether oxygens (including phenoxy) is 1. The number of carbonyl (C=O) groups is 2. The lowest BCUT2D eigenvalue weighted by Gasteiger charge is -2.33. The lowest BCUT2D eigenvalue weighted by molar-refractivity contribution is -0.126. The molecule has 21 heavy (non-hydrogen) atoms. The second-order valence-electron chi connectivity index (χ2n) is 6.84. The number of nitrogens with zero attached hydrogens (tertiary/aromatic N) is 2. The molecule has 0 saturated carbocycles. The molecule has 1 aliphatic rings. The van der Waals surface area contributed by atoms with Gasteiger partial charge in [0.25, 0.3) is 0 Å². The van der Waals surface area contributed by atoms with Gasteiger partial charge in [0.05, 0.1) is 0 Å². The number of carbonyl (C=O) groups excluding carboxylic acids is 2. The van der Waals surface area contributed by atoms with Crippen LogP contribution in [-0.2, 0) is 9.53 Å². The summed E-state index contributed by atoms with van der Waals surface area (Å²) in [6.45, 7) is 8.24. The fourth-order valence-corrected chi connectivity index (χ4v) is 2.20. The molecule has 2 amide bonds. The Balaban J connectivity index is 2.31. The zero-order chi connectivity index (χ0) is 16.0. The van der Waals surface area contributed by atoms with E-state index in [1.807, 2.05) is 39.8 Å². The summed E-state index contributed by atoms with van der Waals surface area (Å²) in [5.74, 6) is 0.103. The van der Waals surface area contributed by atoms with Gasteiger partial charge in [-0.25, -0.2) is 4.79 Å². The van der Waals surface area contributed by atoms with E-state index in [0.29, 0.717) is 32.5 Å². The standard InChI is InChI=1S/C15H29N3O3/c1-15(2,3)21-14(20)18-9-6-12(7-10-18)13(19)16-8-11-17(4)5/h12H,6-11H2,1-5H3,(H,16,19). The van der Waals surface area contributed by atoms with E-state index in [1.165, 1.54) is 0 Å². The van der Waals surface area contributed by atoms with Gasteiger partial charge in [0.1, 0.15) is 5.60 Å². The largest absolute Gasteiger partial charge is 0.444 e. The van der Waals surface area contributed by atoms with Crippen molar-refractivity contribution in [3.8, 4) is 0 Å². The first-order chi connectivity index (χ1) is 9.69. The third-order valence-electron chi connectivity index (χ3n) is 3.38. The van der Waals surface area contributed by atoms with Gasteiger partial charge in [-0.05, 0) is 47.7 Å². The van der Waals surface area contributed by atoms with Gasteiger partial charge >= 0.3 is 6.09 Å².